The molecule has 1 aromatic heterocycles. The largest absolute Gasteiger partial charge is 0.298 e. The molecule has 3 aromatic rings. The van der Waals surface area contributed by atoms with E-state index in [1.807, 2.05) is 56.5 Å². The third kappa shape index (κ3) is 2.87. The van der Waals surface area contributed by atoms with Crippen molar-refractivity contribution in [2.75, 3.05) is 11.6 Å². The lowest BCUT2D eigenvalue weighted by molar-refractivity contribution is 0.102. The third-order valence-corrected chi connectivity index (χ3v) is 5.17. The summed E-state index contributed by atoms with van der Waals surface area (Å²) in [5.41, 5.74) is 3.69. The van der Waals surface area contributed by atoms with E-state index >= 15 is 0 Å². The van der Waals surface area contributed by atoms with Crippen molar-refractivity contribution >= 4 is 44.4 Å². The lowest BCUT2D eigenvalue weighted by atomic mass is 10.1. The number of carbonyl (C=O) groups excluding carboxylic acids is 1. The smallest absolute Gasteiger partial charge is 0.257 e. The Morgan fingerprint density at radius 3 is 2.82 bits per heavy atom. The monoisotopic (exact) mass is 328 g/mol. The summed E-state index contributed by atoms with van der Waals surface area (Å²) in [7, 11) is 0. The first-order valence-electron chi connectivity index (χ1n) is 6.90. The molecule has 0 bridgehead atoms. The second-order valence-electron chi connectivity index (χ2n) is 5.10. The van der Waals surface area contributed by atoms with Gasteiger partial charge in [0.15, 0.2) is 5.13 Å². The number of para-hydroxylation sites is 1. The number of hydrogen-bond acceptors (Lipinski definition) is 4. The Bertz CT molecular complexity index is 855. The lowest BCUT2D eigenvalue weighted by Crippen LogP contribution is -2.13. The summed E-state index contributed by atoms with van der Waals surface area (Å²) in [6.45, 7) is 3.93. The average molecular weight is 328 g/mol. The van der Waals surface area contributed by atoms with Crippen LogP contribution in [0.2, 0.25) is 0 Å². The quantitative estimate of drug-likeness (QED) is 0.696. The van der Waals surface area contributed by atoms with Gasteiger partial charge in [0.05, 0.1) is 10.2 Å². The van der Waals surface area contributed by atoms with E-state index in [0.717, 1.165) is 26.2 Å². The number of amides is 1. The Kier molecular flexibility index (Phi) is 4.18. The fourth-order valence-corrected chi connectivity index (χ4v) is 3.80. The van der Waals surface area contributed by atoms with Crippen LogP contribution in [0.1, 0.15) is 21.5 Å². The molecule has 22 heavy (non-hydrogen) atoms. The Morgan fingerprint density at radius 1 is 1.23 bits per heavy atom. The second kappa shape index (κ2) is 6.10. The Balaban J connectivity index is 1.93. The van der Waals surface area contributed by atoms with Gasteiger partial charge in [0.25, 0.3) is 5.91 Å². The van der Waals surface area contributed by atoms with E-state index in [2.05, 4.69) is 10.3 Å². The van der Waals surface area contributed by atoms with Crippen molar-refractivity contribution in [3.8, 4) is 0 Å². The van der Waals surface area contributed by atoms with Crippen LogP contribution in [0.15, 0.2) is 41.3 Å². The zero-order valence-electron chi connectivity index (χ0n) is 12.6. The van der Waals surface area contributed by atoms with Crippen molar-refractivity contribution in [2.45, 2.75) is 18.7 Å². The minimum Gasteiger partial charge on any atom is -0.298 e. The first-order chi connectivity index (χ1) is 10.6. The molecule has 0 saturated heterocycles. The zero-order chi connectivity index (χ0) is 15.7. The fraction of sp³-hybridized carbons (Fsp3) is 0.176. The number of thiazole rings is 1. The number of aromatic nitrogens is 1. The van der Waals surface area contributed by atoms with Gasteiger partial charge in [-0.15, -0.1) is 11.8 Å². The molecule has 1 amide bonds. The van der Waals surface area contributed by atoms with Gasteiger partial charge >= 0.3 is 0 Å². The van der Waals surface area contributed by atoms with Crippen LogP contribution in [-0.2, 0) is 0 Å². The number of benzene rings is 2. The highest BCUT2D eigenvalue weighted by Crippen LogP contribution is 2.32. The summed E-state index contributed by atoms with van der Waals surface area (Å²) >= 11 is 3.17. The summed E-state index contributed by atoms with van der Waals surface area (Å²) in [4.78, 5) is 18.2. The molecule has 3 nitrogen and oxygen atoms in total. The van der Waals surface area contributed by atoms with Gasteiger partial charge in [-0.25, -0.2) is 4.98 Å². The number of nitrogens with one attached hydrogen (secondary N) is 1. The van der Waals surface area contributed by atoms with Crippen LogP contribution < -0.4 is 5.32 Å². The summed E-state index contributed by atoms with van der Waals surface area (Å²) in [6.07, 6.45) is 2.03. The molecule has 0 atom stereocenters. The van der Waals surface area contributed by atoms with E-state index in [9.17, 15) is 4.79 Å². The molecule has 1 N–H and O–H groups in total. The van der Waals surface area contributed by atoms with Crippen molar-refractivity contribution in [1.82, 2.24) is 4.98 Å². The molecule has 3 rings (SSSR count). The predicted octanol–water partition coefficient (Wildman–Crippen LogP) is 4.89. The number of anilines is 1. The molecule has 0 unspecified atom stereocenters. The normalized spacial score (nSPS) is 10.9. The van der Waals surface area contributed by atoms with Gasteiger partial charge in [-0.05, 0) is 43.9 Å². The maximum atomic E-state index is 12.5. The van der Waals surface area contributed by atoms with Gasteiger partial charge in [-0.3, -0.25) is 10.1 Å². The third-order valence-electron chi connectivity index (χ3n) is 3.46. The van der Waals surface area contributed by atoms with Crippen molar-refractivity contribution in [3.63, 3.8) is 0 Å². The lowest BCUT2D eigenvalue weighted by Gasteiger charge is -2.06. The molecule has 0 fully saturated rings. The van der Waals surface area contributed by atoms with Crippen LogP contribution in [0.3, 0.4) is 0 Å². The summed E-state index contributed by atoms with van der Waals surface area (Å²) < 4.78 is 1.09. The number of carbonyl (C=O) groups is 1. The van der Waals surface area contributed by atoms with E-state index in [-0.39, 0.29) is 5.91 Å². The maximum Gasteiger partial charge on any atom is 0.257 e. The molecule has 0 saturated carbocycles. The fourth-order valence-electron chi connectivity index (χ4n) is 2.29. The number of nitrogens with zero attached hydrogens (tertiary/aromatic N) is 1. The van der Waals surface area contributed by atoms with Crippen LogP contribution in [0.25, 0.3) is 10.2 Å². The number of rotatable bonds is 3. The molecule has 0 spiro atoms. The van der Waals surface area contributed by atoms with Crippen LogP contribution >= 0.6 is 23.1 Å². The zero-order valence-corrected chi connectivity index (χ0v) is 14.3. The highest BCUT2D eigenvalue weighted by Gasteiger charge is 2.13. The second-order valence-corrected chi connectivity index (χ2v) is 6.98. The number of fused-ring (bicyclic) bond motifs is 1. The number of hydrogen-bond donors (Lipinski definition) is 1. The first-order valence-corrected chi connectivity index (χ1v) is 8.95. The van der Waals surface area contributed by atoms with Gasteiger partial charge in [0.2, 0.25) is 0 Å². The van der Waals surface area contributed by atoms with Crippen LogP contribution in [0, 0.1) is 13.8 Å². The van der Waals surface area contributed by atoms with E-state index in [0.29, 0.717) is 10.7 Å². The van der Waals surface area contributed by atoms with Crippen LogP contribution in [0.4, 0.5) is 5.13 Å². The van der Waals surface area contributed by atoms with Gasteiger partial charge in [0.1, 0.15) is 0 Å². The van der Waals surface area contributed by atoms with Crippen molar-refractivity contribution in [1.29, 1.82) is 0 Å². The molecule has 112 valence electrons. The van der Waals surface area contributed by atoms with Gasteiger partial charge < -0.3 is 0 Å². The SMILES string of the molecule is CSc1cccc2sc(NC(=O)c3cc(C)ccc3C)nc12. The van der Waals surface area contributed by atoms with E-state index < -0.39 is 0 Å². The van der Waals surface area contributed by atoms with Gasteiger partial charge in [0, 0.05) is 10.5 Å². The molecule has 0 aliphatic heterocycles. The maximum absolute atomic E-state index is 12.5. The van der Waals surface area contributed by atoms with Gasteiger partial charge in [-0.1, -0.05) is 35.1 Å². The summed E-state index contributed by atoms with van der Waals surface area (Å²) in [5.74, 6) is -0.106. The van der Waals surface area contributed by atoms with E-state index in [4.69, 9.17) is 0 Å². The van der Waals surface area contributed by atoms with Crippen molar-refractivity contribution in [2.24, 2.45) is 0 Å². The summed E-state index contributed by atoms with van der Waals surface area (Å²) in [5, 5.41) is 3.57. The minimum absolute atomic E-state index is 0.106. The molecule has 1 heterocycles. The molecular formula is C17H16N2OS2. The first kappa shape index (κ1) is 15.1. The Morgan fingerprint density at radius 2 is 2.05 bits per heavy atom. The summed E-state index contributed by atoms with van der Waals surface area (Å²) in [6, 6.07) is 12.0. The van der Waals surface area contributed by atoms with Crippen molar-refractivity contribution in [3.05, 3.63) is 53.1 Å². The topological polar surface area (TPSA) is 42.0 Å². The highest BCUT2D eigenvalue weighted by molar-refractivity contribution is 7.98. The molecule has 2 aromatic carbocycles. The van der Waals surface area contributed by atoms with Crippen molar-refractivity contribution < 1.29 is 4.79 Å². The standard InChI is InChI=1S/C17H16N2OS2/c1-10-7-8-11(2)12(9-10)16(20)19-17-18-15-13(21-3)5-4-6-14(15)22-17/h4-9H,1-3H3,(H,18,19,20). The number of thioether (sulfide) groups is 1. The van der Waals surface area contributed by atoms with E-state index in [1.54, 1.807) is 11.8 Å². The predicted molar refractivity (Wildman–Crippen MR) is 95.3 cm³/mol. The Hall–Kier alpha value is -1.85. The van der Waals surface area contributed by atoms with Crippen LogP contribution in [-0.4, -0.2) is 17.1 Å². The molecule has 0 radical (unpaired) electrons. The van der Waals surface area contributed by atoms with E-state index in [1.165, 1.54) is 11.3 Å². The van der Waals surface area contributed by atoms with Gasteiger partial charge in [-0.2, -0.15) is 0 Å². The molecular weight excluding hydrogens is 312 g/mol. The Labute approximate surface area is 137 Å². The molecule has 0 aliphatic carbocycles. The minimum atomic E-state index is -0.106. The molecule has 0 aliphatic rings. The van der Waals surface area contributed by atoms with Crippen LogP contribution in [0.5, 0.6) is 0 Å². The molecule has 5 heteroatoms. The average Bonchev–Trinajstić information content (AvgIpc) is 2.91. The number of aryl methyl sites for hydroxylation is 2. The highest BCUT2D eigenvalue weighted by atomic mass is 32.2.